The van der Waals surface area contributed by atoms with Crippen molar-refractivity contribution in [2.45, 2.75) is 69.5 Å². The molecular weight excluding hydrogens is 557 g/mol. The molecule has 2 amide bonds. The van der Waals surface area contributed by atoms with E-state index in [0.717, 1.165) is 36.4 Å². The van der Waals surface area contributed by atoms with Gasteiger partial charge < -0.3 is 15.0 Å². The average molecular weight is 596 g/mol. The lowest BCUT2D eigenvalue weighted by Gasteiger charge is -2.33. The lowest BCUT2D eigenvalue weighted by atomic mass is 9.95. The second kappa shape index (κ2) is 14.3. The highest BCUT2D eigenvalue weighted by Gasteiger charge is 2.33. The third-order valence-corrected chi connectivity index (χ3v) is 9.22. The molecule has 0 aromatic heterocycles. The third kappa shape index (κ3) is 7.88. The minimum absolute atomic E-state index is 0.000862. The van der Waals surface area contributed by atoms with Crippen molar-refractivity contribution in [1.29, 1.82) is 0 Å². The number of hydrogen-bond acceptors (Lipinski definition) is 5. The van der Waals surface area contributed by atoms with Crippen LogP contribution in [0.4, 0.5) is 10.1 Å². The zero-order valence-electron chi connectivity index (χ0n) is 24.0. The summed E-state index contributed by atoms with van der Waals surface area (Å²) in [7, 11) is -4.16. The number of carbonyl (C=O) groups is 2. The van der Waals surface area contributed by atoms with Crippen molar-refractivity contribution in [3.8, 4) is 5.75 Å². The first kappa shape index (κ1) is 31.0. The third-order valence-electron chi connectivity index (χ3n) is 7.43. The molecule has 0 saturated heterocycles. The van der Waals surface area contributed by atoms with E-state index < -0.39 is 34.3 Å². The number of anilines is 1. The van der Waals surface area contributed by atoms with Gasteiger partial charge in [-0.2, -0.15) is 0 Å². The van der Waals surface area contributed by atoms with Crippen molar-refractivity contribution >= 4 is 27.5 Å². The molecular formula is C32H38FN3O5S. The van der Waals surface area contributed by atoms with Crippen molar-refractivity contribution < 1.29 is 27.1 Å². The maximum Gasteiger partial charge on any atom is 0.264 e. The number of nitrogens with zero attached hydrogens (tertiary/aromatic N) is 2. The van der Waals surface area contributed by atoms with Crippen LogP contribution in [0, 0.1) is 5.82 Å². The highest BCUT2D eigenvalue weighted by molar-refractivity contribution is 7.92. The molecule has 4 rings (SSSR count). The van der Waals surface area contributed by atoms with E-state index in [2.05, 4.69) is 5.32 Å². The Bertz CT molecular complexity index is 1430. The van der Waals surface area contributed by atoms with Crippen LogP contribution in [-0.2, 0) is 26.2 Å². The molecule has 1 aliphatic rings. The standard InChI is InChI=1S/C32H38FN3O5S/c1-3-41-29-20-18-28(19-21-29)36(42(39,40)30-12-8-5-9-13-30)23-31(37)35(22-25-14-16-26(33)17-15-25)24(2)32(38)34-27-10-6-4-7-11-27/h5,8-9,12-21,24,27H,3-4,6-7,10-11,22-23H2,1-2H3,(H,34,38). The van der Waals surface area contributed by atoms with Crippen molar-refractivity contribution in [2.75, 3.05) is 17.5 Å². The van der Waals surface area contributed by atoms with Gasteiger partial charge in [-0.25, -0.2) is 12.8 Å². The summed E-state index contributed by atoms with van der Waals surface area (Å²) in [6.45, 7) is 3.38. The highest BCUT2D eigenvalue weighted by Crippen LogP contribution is 2.27. The summed E-state index contributed by atoms with van der Waals surface area (Å²) in [6, 6.07) is 19.2. The summed E-state index contributed by atoms with van der Waals surface area (Å²) >= 11 is 0. The van der Waals surface area contributed by atoms with Crippen LogP contribution in [0.1, 0.15) is 51.5 Å². The number of sulfonamides is 1. The fraction of sp³-hybridized carbons (Fsp3) is 0.375. The van der Waals surface area contributed by atoms with Crippen molar-refractivity contribution in [3.05, 3.63) is 90.2 Å². The summed E-state index contributed by atoms with van der Waals surface area (Å²) in [6.07, 6.45) is 4.96. The van der Waals surface area contributed by atoms with E-state index in [1.807, 2.05) is 6.92 Å². The van der Waals surface area contributed by atoms with E-state index in [1.54, 1.807) is 61.5 Å². The molecule has 1 atom stereocenters. The fourth-order valence-electron chi connectivity index (χ4n) is 5.06. The maximum atomic E-state index is 14.0. The van der Waals surface area contributed by atoms with Crippen LogP contribution in [0.5, 0.6) is 5.75 Å². The Morgan fingerprint density at radius 1 is 0.952 bits per heavy atom. The largest absolute Gasteiger partial charge is 0.494 e. The zero-order chi connectivity index (χ0) is 30.1. The van der Waals surface area contributed by atoms with E-state index in [-0.39, 0.29) is 29.1 Å². The Balaban J connectivity index is 1.66. The molecule has 0 spiro atoms. The number of rotatable bonds is 12. The first-order chi connectivity index (χ1) is 20.2. The van der Waals surface area contributed by atoms with Crippen molar-refractivity contribution in [2.24, 2.45) is 0 Å². The van der Waals surface area contributed by atoms with Crippen molar-refractivity contribution in [1.82, 2.24) is 10.2 Å². The minimum Gasteiger partial charge on any atom is -0.494 e. The number of hydrogen-bond donors (Lipinski definition) is 1. The number of halogens is 1. The molecule has 1 fully saturated rings. The van der Waals surface area contributed by atoms with Gasteiger partial charge in [-0.05, 0) is 80.8 Å². The lowest BCUT2D eigenvalue weighted by Crippen LogP contribution is -2.53. The van der Waals surface area contributed by atoms with Gasteiger partial charge in [0.25, 0.3) is 10.0 Å². The van der Waals surface area contributed by atoms with E-state index in [9.17, 15) is 22.4 Å². The molecule has 1 aliphatic carbocycles. The molecule has 224 valence electrons. The second-order valence-electron chi connectivity index (χ2n) is 10.4. The molecule has 0 aliphatic heterocycles. The fourth-order valence-corrected chi connectivity index (χ4v) is 6.50. The van der Waals surface area contributed by atoms with Gasteiger partial charge in [0.05, 0.1) is 17.2 Å². The monoisotopic (exact) mass is 595 g/mol. The van der Waals surface area contributed by atoms with Gasteiger partial charge in [0, 0.05) is 12.6 Å². The Morgan fingerprint density at radius 2 is 1.60 bits per heavy atom. The summed E-state index contributed by atoms with van der Waals surface area (Å²) < 4.78 is 47.9. The molecule has 1 unspecified atom stereocenters. The second-order valence-corrected chi connectivity index (χ2v) is 12.3. The summed E-state index contributed by atoms with van der Waals surface area (Å²) in [4.78, 5) is 28.8. The average Bonchev–Trinajstić information content (AvgIpc) is 3.00. The number of nitrogens with one attached hydrogen (secondary N) is 1. The molecule has 42 heavy (non-hydrogen) atoms. The summed E-state index contributed by atoms with van der Waals surface area (Å²) in [5, 5.41) is 3.07. The predicted octanol–water partition coefficient (Wildman–Crippen LogP) is 5.29. The minimum atomic E-state index is -4.16. The summed E-state index contributed by atoms with van der Waals surface area (Å²) in [5.74, 6) is -0.735. The zero-order valence-corrected chi connectivity index (χ0v) is 24.9. The van der Waals surface area contributed by atoms with Crippen LogP contribution < -0.4 is 14.4 Å². The Kier molecular flexibility index (Phi) is 10.6. The first-order valence-electron chi connectivity index (χ1n) is 14.3. The van der Waals surface area contributed by atoms with Gasteiger partial charge in [-0.15, -0.1) is 0 Å². The Morgan fingerprint density at radius 3 is 2.21 bits per heavy atom. The number of ether oxygens (including phenoxy) is 1. The molecule has 3 aromatic rings. The van der Waals surface area contributed by atoms with Gasteiger partial charge in [0.1, 0.15) is 24.2 Å². The topological polar surface area (TPSA) is 96.0 Å². The number of benzene rings is 3. The van der Waals surface area contributed by atoms with Crippen LogP contribution in [0.15, 0.2) is 83.8 Å². The van der Waals surface area contributed by atoms with Crippen LogP contribution >= 0.6 is 0 Å². The van der Waals surface area contributed by atoms with E-state index >= 15 is 0 Å². The molecule has 0 bridgehead atoms. The molecule has 1 N–H and O–H groups in total. The van der Waals surface area contributed by atoms with Crippen LogP contribution in [0.25, 0.3) is 0 Å². The van der Waals surface area contributed by atoms with Gasteiger partial charge in [0.2, 0.25) is 11.8 Å². The van der Waals surface area contributed by atoms with E-state index in [1.165, 1.54) is 29.2 Å². The molecule has 0 heterocycles. The molecule has 10 heteroatoms. The normalized spacial score (nSPS) is 14.5. The SMILES string of the molecule is CCOc1ccc(N(CC(=O)N(Cc2ccc(F)cc2)C(C)C(=O)NC2CCCCC2)S(=O)(=O)c2ccccc2)cc1. The molecule has 0 radical (unpaired) electrons. The first-order valence-corrected chi connectivity index (χ1v) is 15.8. The Labute approximate surface area is 247 Å². The van der Waals surface area contributed by atoms with Gasteiger partial charge in [-0.1, -0.05) is 49.6 Å². The van der Waals surface area contributed by atoms with Gasteiger partial charge in [0.15, 0.2) is 0 Å². The highest BCUT2D eigenvalue weighted by atomic mass is 32.2. The predicted molar refractivity (Wildman–Crippen MR) is 160 cm³/mol. The van der Waals surface area contributed by atoms with Crippen LogP contribution in [0.2, 0.25) is 0 Å². The number of amides is 2. The molecule has 1 saturated carbocycles. The Hall–Kier alpha value is -3.92. The molecule has 3 aromatic carbocycles. The smallest absolute Gasteiger partial charge is 0.264 e. The lowest BCUT2D eigenvalue weighted by molar-refractivity contribution is -0.139. The van der Waals surface area contributed by atoms with Crippen molar-refractivity contribution in [3.63, 3.8) is 0 Å². The van der Waals surface area contributed by atoms with Crippen LogP contribution in [0.3, 0.4) is 0 Å². The van der Waals surface area contributed by atoms with Gasteiger partial charge >= 0.3 is 0 Å². The van der Waals surface area contributed by atoms with E-state index in [0.29, 0.717) is 17.9 Å². The maximum absolute atomic E-state index is 14.0. The molecule has 8 nitrogen and oxygen atoms in total. The van der Waals surface area contributed by atoms with E-state index in [4.69, 9.17) is 4.74 Å². The van der Waals surface area contributed by atoms with Crippen LogP contribution in [-0.4, -0.2) is 50.4 Å². The summed E-state index contributed by atoms with van der Waals surface area (Å²) in [5.41, 5.74) is 0.886. The quantitative estimate of drug-likeness (QED) is 0.307. The van der Waals surface area contributed by atoms with Gasteiger partial charge in [-0.3, -0.25) is 13.9 Å². The number of carbonyl (C=O) groups excluding carboxylic acids is 2.